The van der Waals surface area contributed by atoms with Crippen LogP contribution in [0.4, 0.5) is 0 Å². The molecule has 17 heavy (non-hydrogen) atoms. The zero-order valence-electron chi connectivity index (χ0n) is 10.3. The minimum absolute atomic E-state index is 0.404. The van der Waals surface area contributed by atoms with Crippen LogP contribution in [0.15, 0.2) is 34.9 Å². The molecule has 3 rings (SSSR count). The summed E-state index contributed by atoms with van der Waals surface area (Å²) >= 11 is 0. The fourth-order valence-corrected chi connectivity index (χ4v) is 2.23. The van der Waals surface area contributed by atoms with E-state index in [0.29, 0.717) is 11.8 Å². The van der Waals surface area contributed by atoms with Crippen LogP contribution >= 0.6 is 0 Å². The summed E-state index contributed by atoms with van der Waals surface area (Å²) in [5.41, 5.74) is 3.57. The first-order valence-corrected chi connectivity index (χ1v) is 6.32. The average Bonchev–Trinajstić information content (AvgIpc) is 3.08. The summed E-state index contributed by atoms with van der Waals surface area (Å²) in [5, 5.41) is 4.28. The van der Waals surface area contributed by atoms with Crippen LogP contribution in [0.2, 0.25) is 0 Å². The molecule has 1 saturated carbocycles. The van der Waals surface area contributed by atoms with E-state index in [1.807, 2.05) is 6.07 Å². The van der Waals surface area contributed by atoms with Crippen LogP contribution < -0.4 is 0 Å². The fourth-order valence-electron chi connectivity index (χ4n) is 2.23. The Morgan fingerprint density at radius 2 is 1.88 bits per heavy atom. The van der Waals surface area contributed by atoms with Crippen LogP contribution in [-0.4, -0.2) is 5.16 Å². The molecule has 0 unspecified atom stereocenters. The van der Waals surface area contributed by atoms with Crippen LogP contribution in [0.25, 0.3) is 11.1 Å². The highest BCUT2D eigenvalue weighted by Gasteiger charge is 2.33. The highest BCUT2D eigenvalue weighted by Crippen LogP contribution is 2.46. The zero-order valence-corrected chi connectivity index (χ0v) is 10.3. The van der Waals surface area contributed by atoms with Gasteiger partial charge < -0.3 is 4.52 Å². The fraction of sp³-hybridized carbons (Fsp3) is 0.400. The highest BCUT2D eigenvalue weighted by atomic mass is 16.5. The van der Waals surface area contributed by atoms with Crippen molar-refractivity contribution in [1.82, 2.24) is 5.16 Å². The van der Waals surface area contributed by atoms with Gasteiger partial charge in [0.1, 0.15) is 5.76 Å². The Morgan fingerprint density at radius 3 is 2.47 bits per heavy atom. The number of nitrogens with zero attached hydrogens (tertiary/aromatic N) is 1. The molecule has 0 N–H and O–H groups in total. The lowest BCUT2D eigenvalue weighted by Crippen LogP contribution is -1.92. The van der Waals surface area contributed by atoms with E-state index in [4.69, 9.17) is 4.52 Å². The Bertz CT molecular complexity index is 489. The maximum Gasteiger partial charge on any atom is 0.147 e. The number of hydrogen-bond acceptors (Lipinski definition) is 2. The summed E-state index contributed by atoms with van der Waals surface area (Å²) in [5.74, 6) is 2.10. The van der Waals surface area contributed by atoms with Gasteiger partial charge in [-0.2, -0.15) is 0 Å². The molecule has 2 heteroatoms. The maximum atomic E-state index is 5.59. The average molecular weight is 227 g/mol. The molecule has 1 aliphatic rings. The molecule has 88 valence electrons. The molecule has 0 atom stereocenters. The second kappa shape index (κ2) is 4.02. The third-order valence-corrected chi connectivity index (χ3v) is 3.30. The molecule has 1 aliphatic carbocycles. The van der Waals surface area contributed by atoms with E-state index in [9.17, 15) is 0 Å². The van der Waals surface area contributed by atoms with Gasteiger partial charge in [-0.1, -0.05) is 49.3 Å². The molecule has 2 aromatic rings. The van der Waals surface area contributed by atoms with Crippen LogP contribution in [0.5, 0.6) is 0 Å². The lowest BCUT2D eigenvalue weighted by Gasteiger charge is -2.05. The van der Waals surface area contributed by atoms with Gasteiger partial charge in [-0.3, -0.25) is 0 Å². The zero-order chi connectivity index (χ0) is 11.8. The lowest BCUT2D eigenvalue weighted by molar-refractivity contribution is 0.376. The highest BCUT2D eigenvalue weighted by molar-refractivity contribution is 5.69. The van der Waals surface area contributed by atoms with Crippen molar-refractivity contribution in [3.05, 3.63) is 41.8 Å². The summed E-state index contributed by atoms with van der Waals surface area (Å²) in [7, 11) is 0. The van der Waals surface area contributed by atoms with Crippen molar-refractivity contribution in [2.75, 3.05) is 0 Å². The predicted molar refractivity (Wildman–Crippen MR) is 68.0 cm³/mol. The summed E-state index contributed by atoms with van der Waals surface area (Å²) in [6, 6.07) is 10.5. The third-order valence-electron chi connectivity index (χ3n) is 3.30. The molecule has 1 aromatic heterocycles. The molecule has 1 aromatic carbocycles. The maximum absolute atomic E-state index is 5.59. The van der Waals surface area contributed by atoms with E-state index in [0.717, 1.165) is 11.5 Å². The van der Waals surface area contributed by atoms with Gasteiger partial charge in [-0.05, 0) is 24.3 Å². The standard InChI is InChI=1S/C15H17NO/c1-10(2)14-13(11-6-4-3-5-7-11)15(17-16-14)12-8-9-12/h3-7,10,12H,8-9H2,1-2H3. The van der Waals surface area contributed by atoms with Gasteiger partial charge in [0.15, 0.2) is 0 Å². The van der Waals surface area contributed by atoms with Crippen molar-refractivity contribution < 1.29 is 4.52 Å². The molecule has 0 radical (unpaired) electrons. The first-order chi connectivity index (χ1) is 8.27. The molecule has 0 aliphatic heterocycles. The number of rotatable bonds is 3. The minimum atomic E-state index is 0.404. The SMILES string of the molecule is CC(C)c1noc(C2CC2)c1-c1ccccc1. The van der Waals surface area contributed by atoms with E-state index >= 15 is 0 Å². The number of benzene rings is 1. The van der Waals surface area contributed by atoms with Crippen molar-refractivity contribution in [2.24, 2.45) is 0 Å². The summed E-state index contributed by atoms with van der Waals surface area (Å²) < 4.78 is 5.59. The molecule has 0 saturated heterocycles. The van der Waals surface area contributed by atoms with Gasteiger partial charge in [-0.15, -0.1) is 0 Å². The normalized spacial score (nSPS) is 15.5. The van der Waals surface area contributed by atoms with Crippen molar-refractivity contribution in [3.8, 4) is 11.1 Å². The van der Waals surface area contributed by atoms with Gasteiger partial charge in [0, 0.05) is 11.5 Å². The molecule has 1 heterocycles. The van der Waals surface area contributed by atoms with E-state index < -0.39 is 0 Å². The van der Waals surface area contributed by atoms with E-state index in [1.165, 1.54) is 24.0 Å². The monoisotopic (exact) mass is 227 g/mol. The minimum Gasteiger partial charge on any atom is -0.360 e. The summed E-state index contributed by atoms with van der Waals surface area (Å²) in [6.45, 7) is 4.34. The van der Waals surface area contributed by atoms with Crippen LogP contribution in [-0.2, 0) is 0 Å². The molecule has 1 fully saturated rings. The van der Waals surface area contributed by atoms with Crippen LogP contribution in [0.1, 0.15) is 50.0 Å². The second-order valence-electron chi connectivity index (χ2n) is 5.10. The van der Waals surface area contributed by atoms with Gasteiger partial charge in [-0.25, -0.2) is 0 Å². The molecule has 0 bridgehead atoms. The Balaban J connectivity index is 2.14. The topological polar surface area (TPSA) is 26.0 Å². The molecule has 2 nitrogen and oxygen atoms in total. The first-order valence-electron chi connectivity index (χ1n) is 6.32. The Morgan fingerprint density at radius 1 is 1.18 bits per heavy atom. The Hall–Kier alpha value is -1.57. The third kappa shape index (κ3) is 1.88. The van der Waals surface area contributed by atoms with Crippen molar-refractivity contribution in [3.63, 3.8) is 0 Å². The second-order valence-corrected chi connectivity index (χ2v) is 5.10. The Labute approximate surface area is 102 Å². The van der Waals surface area contributed by atoms with Crippen molar-refractivity contribution in [1.29, 1.82) is 0 Å². The van der Waals surface area contributed by atoms with E-state index in [-0.39, 0.29) is 0 Å². The molecule has 0 amide bonds. The predicted octanol–water partition coefficient (Wildman–Crippen LogP) is 4.34. The van der Waals surface area contributed by atoms with Crippen LogP contribution in [0.3, 0.4) is 0 Å². The van der Waals surface area contributed by atoms with E-state index in [2.05, 4.69) is 43.3 Å². The number of aromatic nitrogens is 1. The largest absolute Gasteiger partial charge is 0.360 e. The van der Waals surface area contributed by atoms with Crippen molar-refractivity contribution in [2.45, 2.75) is 38.5 Å². The summed E-state index contributed by atoms with van der Waals surface area (Å²) in [4.78, 5) is 0. The van der Waals surface area contributed by atoms with Gasteiger partial charge in [0.2, 0.25) is 0 Å². The Kier molecular flexibility index (Phi) is 2.50. The van der Waals surface area contributed by atoms with Crippen molar-refractivity contribution >= 4 is 0 Å². The quantitative estimate of drug-likeness (QED) is 0.779. The lowest BCUT2D eigenvalue weighted by atomic mass is 9.96. The summed E-state index contributed by atoms with van der Waals surface area (Å²) in [6.07, 6.45) is 2.49. The number of hydrogen-bond donors (Lipinski definition) is 0. The van der Waals surface area contributed by atoms with Gasteiger partial charge in [0.25, 0.3) is 0 Å². The molecular weight excluding hydrogens is 210 g/mol. The van der Waals surface area contributed by atoms with Crippen LogP contribution in [0, 0.1) is 0 Å². The smallest absolute Gasteiger partial charge is 0.147 e. The van der Waals surface area contributed by atoms with E-state index in [1.54, 1.807) is 0 Å². The van der Waals surface area contributed by atoms with Gasteiger partial charge in [0.05, 0.1) is 5.69 Å². The molecular formula is C15H17NO. The molecule has 0 spiro atoms. The first kappa shape index (κ1) is 10.6. The van der Waals surface area contributed by atoms with Gasteiger partial charge >= 0.3 is 0 Å².